The third kappa shape index (κ3) is 3.79. The Morgan fingerprint density at radius 1 is 1.03 bits per heavy atom. The van der Waals surface area contributed by atoms with E-state index in [4.69, 9.17) is 18.6 Å². The molecule has 0 fully saturated rings. The van der Waals surface area contributed by atoms with Gasteiger partial charge in [-0.3, -0.25) is 0 Å². The third-order valence-electron chi connectivity index (χ3n) is 4.80. The molecule has 0 saturated carbocycles. The zero-order chi connectivity index (χ0) is 22.0. The highest BCUT2D eigenvalue weighted by atomic mass is 16.5. The summed E-state index contributed by atoms with van der Waals surface area (Å²) in [6.45, 7) is 4.47. The van der Waals surface area contributed by atoms with Crippen LogP contribution in [0.1, 0.15) is 29.9 Å². The standard InChI is InChI=1S/C23H21NO7/c1-3-28-15-8-9-16-14(13-31-21(16)10-15)12-30-20-7-5-6-18-17(20)11-19(22(25)26)24(18)23(27)29-4-2/h5-11,13H,3-4,12H2,1-2H3,(H,25,26). The molecule has 2 aromatic heterocycles. The van der Waals surface area contributed by atoms with E-state index in [0.717, 1.165) is 21.3 Å². The quantitative estimate of drug-likeness (QED) is 0.443. The summed E-state index contributed by atoms with van der Waals surface area (Å²) >= 11 is 0. The first-order valence-corrected chi connectivity index (χ1v) is 9.84. The largest absolute Gasteiger partial charge is 0.494 e. The molecule has 2 aromatic carbocycles. The smallest absolute Gasteiger partial charge is 0.419 e. The Labute approximate surface area is 177 Å². The lowest BCUT2D eigenvalue weighted by Crippen LogP contribution is -2.18. The number of nitrogens with zero attached hydrogens (tertiary/aromatic N) is 1. The van der Waals surface area contributed by atoms with Gasteiger partial charge in [0.2, 0.25) is 0 Å². The molecule has 0 radical (unpaired) electrons. The Morgan fingerprint density at radius 3 is 2.61 bits per heavy atom. The average molecular weight is 423 g/mol. The number of hydrogen-bond donors (Lipinski definition) is 1. The zero-order valence-electron chi connectivity index (χ0n) is 17.1. The van der Waals surface area contributed by atoms with E-state index in [1.807, 2.05) is 25.1 Å². The van der Waals surface area contributed by atoms with E-state index in [-0.39, 0.29) is 18.9 Å². The van der Waals surface area contributed by atoms with Gasteiger partial charge >= 0.3 is 12.1 Å². The second kappa shape index (κ2) is 8.43. The SMILES string of the molecule is CCOC(=O)n1c(C(=O)O)cc2c(OCc3coc4cc(OCC)ccc34)cccc21. The normalized spacial score (nSPS) is 11.0. The topological polar surface area (TPSA) is 100 Å². The van der Waals surface area contributed by atoms with Crippen molar-refractivity contribution in [1.29, 1.82) is 0 Å². The lowest BCUT2D eigenvalue weighted by molar-refractivity contribution is 0.0682. The summed E-state index contributed by atoms with van der Waals surface area (Å²) in [4.78, 5) is 24.0. The van der Waals surface area contributed by atoms with Crippen molar-refractivity contribution in [1.82, 2.24) is 4.57 Å². The summed E-state index contributed by atoms with van der Waals surface area (Å²) in [6.07, 6.45) is 0.866. The fourth-order valence-corrected chi connectivity index (χ4v) is 3.46. The number of ether oxygens (including phenoxy) is 3. The van der Waals surface area contributed by atoms with Gasteiger partial charge in [0.25, 0.3) is 0 Å². The monoisotopic (exact) mass is 423 g/mol. The highest BCUT2D eigenvalue weighted by Gasteiger charge is 2.22. The molecule has 31 heavy (non-hydrogen) atoms. The van der Waals surface area contributed by atoms with E-state index in [0.29, 0.717) is 28.8 Å². The van der Waals surface area contributed by atoms with Crippen molar-refractivity contribution in [3.63, 3.8) is 0 Å². The molecule has 0 aliphatic heterocycles. The van der Waals surface area contributed by atoms with Crippen LogP contribution in [0.2, 0.25) is 0 Å². The molecule has 0 unspecified atom stereocenters. The summed E-state index contributed by atoms with van der Waals surface area (Å²) in [7, 11) is 0. The van der Waals surface area contributed by atoms with Gasteiger partial charge in [-0.25, -0.2) is 14.2 Å². The molecular weight excluding hydrogens is 402 g/mol. The van der Waals surface area contributed by atoms with Crippen molar-refractivity contribution in [2.24, 2.45) is 0 Å². The van der Waals surface area contributed by atoms with Crippen molar-refractivity contribution in [3.05, 3.63) is 60.0 Å². The minimum absolute atomic E-state index is 0.131. The third-order valence-corrected chi connectivity index (χ3v) is 4.80. The first-order chi connectivity index (χ1) is 15.0. The molecule has 2 heterocycles. The van der Waals surface area contributed by atoms with Crippen LogP contribution in [0.25, 0.3) is 21.9 Å². The van der Waals surface area contributed by atoms with Gasteiger partial charge in [-0.05, 0) is 44.2 Å². The molecule has 0 saturated heterocycles. The highest BCUT2D eigenvalue weighted by molar-refractivity contribution is 6.02. The Kier molecular flexibility index (Phi) is 5.53. The number of carbonyl (C=O) groups excluding carboxylic acids is 1. The molecule has 0 aliphatic rings. The number of carboxylic acids is 1. The second-order valence-corrected chi connectivity index (χ2v) is 6.70. The number of carboxylic acid groups (broad SMARTS) is 1. The summed E-state index contributed by atoms with van der Waals surface area (Å²) in [5, 5.41) is 10.9. The summed E-state index contributed by atoms with van der Waals surface area (Å²) in [5.74, 6) is -0.0624. The lowest BCUT2D eigenvalue weighted by atomic mass is 10.2. The van der Waals surface area contributed by atoms with E-state index in [1.54, 1.807) is 31.4 Å². The molecule has 0 bridgehead atoms. The van der Waals surface area contributed by atoms with Crippen LogP contribution in [0.15, 0.2) is 53.1 Å². The van der Waals surface area contributed by atoms with Gasteiger partial charge in [0.15, 0.2) is 0 Å². The van der Waals surface area contributed by atoms with E-state index in [9.17, 15) is 14.7 Å². The molecule has 4 aromatic rings. The predicted octanol–water partition coefficient (Wildman–Crippen LogP) is 5.07. The fourth-order valence-electron chi connectivity index (χ4n) is 3.46. The molecule has 160 valence electrons. The highest BCUT2D eigenvalue weighted by Crippen LogP contribution is 2.31. The lowest BCUT2D eigenvalue weighted by Gasteiger charge is -2.09. The molecular formula is C23H21NO7. The Morgan fingerprint density at radius 2 is 1.87 bits per heavy atom. The molecule has 4 rings (SSSR count). The Hall–Kier alpha value is -3.94. The van der Waals surface area contributed by atoms with E-state index >= 15 is 0 Å². The van der Waals surface area contributed by atoms with Gasteiger partial charge in [-0.15, -0.1) is 0 Å². The van der Waals surface area contributed by atoms with Gasteiger partial charge in [-0.1, -0.05) is 6.07 Å². The molecule has 1 N–H and O–H groups in total. The van der Waals surface area contributed by atoms with Crippen LogP contribution >= 0.6 is 0 Å². The van der Waals surface area contributed by atoms with Crippen LogP contribution in [0, 0.1) is 0 Å². The Bertz CT molecular complexity index is 1270. The molecule has 0 aliphatic carbocycles. The van der Waals surface area contributed by atoms with Crippen LogP contribution in [-0.2, 0) is 11.3 Å². The number of fused-ring (bicyclic) bond motifs is 2. The van der Waals surface area contributed by atoms with Gasteiger partial charge in [0, 0.05) is 22.4 Å². The maximum atomic E-state index is 12.3. The van der Waals surface area contributed by atoms with Crippen LogP contribution in [-0.4, -0.2) is 34.9 Å². The molecule has 0 atom stereocenters. The van der Waals surface area contributed by atoms with Crippen molar-refractivity contribution >= 4 is 33.9 Å². The minimum atomic E-state index is -1.24. The second-order valence-electron chi connectivity index (χ2n) is 6.70. The van der Waals surface area contributed by atoms with Crippen molar-refractivity contribution in [3.8, 4) is 11.5 Å². The van der Waals surface area contributed by atoms with E-state index in [1.165, 1.54) is 6.07 Å². The average Bonchev–Trinajstić information content (AvgIpc) is 3.34. The number of aromatic nitrogens is 1. The number of rotatable bonds is 7. The molecule has 8 heteroatoms. The van der Waals surface area contributed by atoms with Gasteiger partial charge < -0.3 is 23.7 Å². The van der Waals surface area contributed by atoms with Gasteiger partial charge in [0.05, 0.1) is 25.0 Å². The first kappa shape index (κ1) is 20.3. The summed E-state index contributed by atoms with van der Waals surface area (Å²) < 4.78 is 23.2. The number of benzene rings is 2. The Balaban J connectivity index is 1.66. The maximum Gasteiger partial charge on any atom is 0.419 e. The fraction of sp³-hybridized carbons (Fsp3) is 0.217. The van der Waals surface area contributed by atoms with Crippen LogP contribution in [0.3, 0.4) is 0 Å². The zero-order valence-corrected chi connectivity index (χ0v) is 17.1. The molecule has 0 amide bonds. The van der Waals surface area contributed by atoms with Crippen molar-refractivity contribution in [2.75, 3.05) is 13.2 Å². The first-order valence-electron chi connectivity index (χ1n) is 9.84. The number of carbonyl (C=O) groups is 2. The summed E-state index contributed by atoms with van der Waals surface area (Å²) in [5.41, 5.74) is 1.72. The van der Waals surface area contributed by atoms with Crippen LogP contribution in [0.4, 0.5) is 4.79 Å². The van der Waals surface area contributed by atoms with Crippen molar-refractivity contribution in [2.45, 2.75) is 20.5 Å². The van der Waals surface area contributed by atoms with Gasteiger partial charge in [-0.2, -0.15) is 0 Å². The maximum absolute atomic E-state index is 12.3. The van der Waals surface area contributed by atoms with Crippen molar-refractivity contribution < 1.29 is 33.3 Å². The van der Waals surface area contributed by atoms with Gasteiger partial charge in [0.1, 0.15) is 29.4 Å². The van der Waals surface area contributed by atoms with Crippen LogP contribution in [0.5, 0.6) is 11.5 Å². The number of hydrogen-bond acceptors (Lipinski definition) is 6. The molecule has 8 nitrogen and oxygen atoms in total. The minimum Gasteiger partial charge on any atom is -0.494 e. The summed E-state index contributed by atoms with van der Waals surface area (Å²) in [6, 6.07) is 12.1. The predicted molar refractivity (Wildman–Crippen MR) is 113 cm³/mol. The number of aromatic carboxylic acids is 1. The van der Waals surface area contributed by atoms with E-state index in [2.05, 4.69) is 0 Å². The van der Waals surface area contributed by atoms with Crippen LogP contribution < -0.4 is 9.47 Å². The van der Waals surface area contributed by atoms with E-state index < -0.39 is 12.1 Å². The molecule has 0 spiro atoms. The number of furan rings is 1.